The molecular weight excluding hydrogens is 788 g/mol. The molecule has 0 atom stereocenters. The maximum Gasteiger partial charge on any atom is 2.00 e. The average molecular weight is 830 g/mol. The fraction of sp³-hybridized carbons (Fsp3) is 0.156. The first-order valence-electron chi connectivity index (χ1n) is 17.4. The first-order chi connectivity index (χ1) is 25.3. The normalized spacial score (nSPS) is 13.3. The van der Waals surface area contributed by atoms with Crippen LogP contribution < -0.4 is 11.0 Å². The Hall–Kier alpha value is -4.18. The van der Waals surface area contributed by atoms with Crippen molar-refractivity contribution in [1.29, 1.82) is 0 Å². The maximum absolute atomic E-state index is 9.08. The molecule has 1 saturated heterocycles. The van der Waals surface area contributed by atoms with Crippen LogP contribution in [0.2, 0.25) is 0 Å². The van der Waals surface area contributed by atoms with Gasteiger partial charge in [-0.05, 0) is 86.0 Å². The number of fused-ring (bicyclic) bond motifs is 7. The van der Waals surface area contributed by atoms with E-state index in [0.29, 0.717) is 6.26 Å². The van der Waals surface area contributed by atoms with Crippen LogP contribution in [0.1, 0.15) is 24.0 Å². The van der Waals surface area contributed by atoms with Crippen LogP contribution in [0, 0.1) is 6.07 Å². The van der Waals surface area contributed by atoms with Gasteiger partial charge in [-0.15, -0.1) is 35.9 Å². The summed E-state index contributed by atoms with van der Waals surface area (Å²) in [6, 6.07) is 57.0. The predicted molar refractivity (Wildman–Crippen MR) is 218 cm³/mol. The Balaban J connectivity index is 0.000000186. The second kappa shape index (κ2) is 19.2. The van der Waals surface area contributed by atoms with E-state index in [1.165, 1.54) is 61.9 Å². The van der Waals surface area contributed by atoms with Crippen LogP contribution >= 0.6 is 7.92 Å². The first-order valence-corrected chi connectivity index (χ1v) is 20.9. The average Bonchev–Trinajstić information content (AvgIpc) is 3.71. The molecule has 2 N–H and O–H groups in total. The topological polar surface area (TPSA) is 92.5 Å². The Kier molecular flexibility index (Phi) is 14.5. The summed E-state index contributed by atoms with van der Waals surface area (Å²) in [6.07, 6.45) is 5.44. The molecule has 0 bridgehead atoms. The van der Waals surface area contributed by atoms with Gasteiger partial charge >= 0.3 is 20.4 Å². The van der Waals surface area contributed by atoms with Gasteiger partial charge in [0.05, 0.1) is 10.1 Å². The number of ether oxygens (including phenoxy) is 1. The Morgan fingerprint density at radius 3 is 1.62 bits per heavy atom. The molecule has 0 unspecified atom stereocenters. The van der Waals surface area contributed by atoms with E-state index in [1.54, 1.807) is 0 Å². The Bertz CT molecular complexity index is 2250. The fourth-order valence-corrected chi connectivity index (χ4v) is 9.01. The van der Waals surface area contributed by atoms with Crippen LogP contribution in [0.4, 0.5) is 5.69 Å². The molecule has 9 rings (SSSR count). The van der Waals surface area contributed by atoms with Crippen molar-refractivity contribution in [3.8, 4) is 22.3 Å². The van der Waals surface area contributed by atoms with Gasteiger partial charge in [-0.3, -0.25) is 0 Å². The third-order valence-corrected chi connectivity index (χ3v) is 11.4. The van der Waals surface area contributed by atoms with Crippen molar-refractivity contribution in [3.05, 3.63) is 169 Å². The Morgan fingerprint density at radius 1 is 0.642 bits per heavy atom. The molecule has 0 amide bonds. The zero-order chi connectivity index (χ0) is 36.3. The van der Waals surface area contributed by atoms with Crippen LogP contribution in [-0.2, 0) is 47.6 Å². The monoisotopic (exact) mass is 829 g/mol. The molecule has 1 fully saturated rings. The molecule has 2 heterocycles. The number of hydrogen-bond acceptors (Lipinski definition) is 5. The van der Waals surface area contributed by atoms with Gasteiger partial charge < -0.3 is 15.0 Å². The van der Waals surface area contributed by atoms with E-state index >= 15 is 0 Å². The molecule has 7 aromatic rings. The number of anilines is 1. The number of hydrogen-bond donors (Lipinski definition) is 1. The van der Waals surface area contributed by atoms with Gasteiger partial charge in [0.15, 0.2) is 0 Å². The molecule has 0 aromatic heterocycles. The molecule has 2 aliphatic rings. The molecular formula is C45H42NO4PPdS. The number of nitrogens with two attached hydrogens (primary N) is 1. The number of benzene rings is 7. The molecule has 2 aliphatic heterocycles. The maximum atomic E-state index is 9.08. The summed E-state index contributed by atoms with van der Waals surface area (Å²) in [5.74, 6) is 0. The van der Waals surface area contributed by atoms with Crippen LogP contribution in [0.5, 0.6) is 0 Å². The van der Waals surface area contributed by atoms with Crippen molar-refractivity contribution in [1.82, 2.24) is 0 Å². The van der Waals surface area contributed by atoms with Crippen molar-refractivity contribution in [2.75, 3.05) is 25.2 Å². The minimum absolute atomic E-state index is 0. The Labute approximate surface area is 328 Å². The molecule has 0 saturated carbocycles. The summed E-state index contributed by atoms with van der Waals surface area (Å²) >= 11 is 0. The minimum Gasteiger partial charge on any atom is -0.748 e. The predicted octanol–water partition coefficient (Wildman–Crippen LogP) is 10.2. The molecule has 0 aliphatic carbocycles. The zero-order valence-corrected chi connectivity index (χ0v) is 32.8. The van der Waals surface area contributed by atoms with Gasteiger partial charge in [0.1, 0.15) is 0 Å². The van der Waals surface area contributed by atoms with Crippen molar-refractivity contribution in [2.24, 2.45) is 0 Å². The second-order valence-electron chi connectivity index (χ2n) is 12.7. The van der Waals surface area contributed by atoms with Gasteiger partial charge in [-0.25, -0.2) is 8.42 Å². The SMILES string of the molecule is C1CCOC1.CS(=O)(=O)[O-].Nc1ccccc1-c1[c-]cccc1.[Pd+2].c1ccc(P2Cc3ccc4ccccc4c3-c3c(ccc4ccccc34)C2)cc1. The third-order valence-electron chi connectivity index (χ3n) is 8.91. The van der Waals surface area contributed by atoms with Crippen LogP contribution in [0.15, 0.2) is 152 Å². The van der Waals surface area contributed by atoms with E-state index in [0.717, 1.165) is 42.4 Å². The van der Waals surface area contributed by atoms with Gasteiger partial charge in [-0.2, -0.15) is 0 Å². The van der Waals surface area contributed by atoms with Gasteiger partial charge in [0.2, 0.25) is 0 Å². The minimum atomic E-state index is -3.92. The number of para-hydroxylation sites is 1. The molecule has 0 radical (unpaired) electrons. The summed E-state index contributed by atoms with van der Waals surface area (Å²) in [7, 11) is -4.19. The molecule has 272 valence electrons. The van der Waals surface area contributed by atoms with Gasteiger partial charge in [-0.1, -0.05) is 135 Å². The fourth-order valence-electron chi connectivity index (χ4n) is 6.59. The van der Waals surface area contributed by atoms with Crippen molar-refractivity contribution in [2.45, 2.75) is 25.2 Å². The van der Waals surface area contributed by atoms with Crippen molar-refractivity contribution >= 4 is 50.6 Å². The summed E-state index contributed by atoms with van der Waals surface area (Å²) in [4.78, 5) is 0. The summed E-state index contributed by atoms with van der Waals surface area (Å²) in [5, 5.41) is 6.93. The van der Waals surface area contributed by atoms with E-state index < -0.39 is 10.1 Å². The zero-order valence-electron chi connectivity index (χ0n) is 29.6. The summed E-state index contributed by atoms with van der Waals surface area (Å²) < 4.78 is 32.2. The summed E-state index contributed by atoms with van der Waals surface area (Å²) in [5.41, 5.74) is 14.6. The molecule has 53 heavy (non-hydrogen) atoms. The quantitative estimate of drug-likeness (QED) is 0.0616. The van der Waals surface area contributed by atoms with E-state index in [9.17, 15) is 0 Å². The number of rotatable bonds is 2. The van der Waals surface area contributed by atoms with Crippen LogP contribution in [0.25, 0.3) is 43.8 Å². The standard InChI is InChI=1S/C28H21P.C12H10N.C4H8O.CH4O3S.Pd/c1-2-10-24(11-3-1)29-18-22-16-14-20-8-4-6-12-25(20)27(22)28-23(19-29)17-15-21-9-5-7-13-26(21)28;13-12-9-5-4-8-11(12)10-6-2-1-3-7-10;1-2-4-5-3-1;1-5(2,3)4;/h1-17H,18-19H2;1-6,8-9H,13H2;1-4H2;1H3,(H,2,3,4);/q;-1;;;+2/p-1. The van der Waals surface area contributed by atoms with E-state index in [4.69, 9.17) is 23.4 Å². The molecule has 0 spiro atoms. The van der Waals surface area contributed by atoms with Crippen LogP contribution in [0.3, 0.4) is 0 Å². The van der Waals surface area contributed by atoms with Gasteiger partial charge in [0, 0.05) is 19.5 Å². The first kappa shape index (κ1) is 40.0. The second-order valence-corrected chi connectivity index (χ2v) is 16.4. The van der Waals surface area contributed by atoms with Crippen molar-refractivity contribution < 1.29 is 38.1 Å². The largest absolute Gasteiger partial charge is 2.00 e. The third kappa shape index (κ3) is 10.9. The van der Waals surface area contributed by atoms with E-state index in [2.05, 4.69) is 109 Å². The van der Waals surface area contributed by atoms with E-state index in [1.807, 2.05) is 48.5 Å². The molecule has 7 aromatic carbocycles. The Morgan fingerprint density at radius 2 is 1.13 bits per heavy atom. The van der Waals surface area contributed by atoms with Gasteiger partial charge in [0.25, 0.3) is 0 Å². The smallest absolute Gasteiger partial charge is 0.748 e. The molecule has 8 heteroatoms. The molecule has 5 nitrogen and oxygen atoms in total. The number of nitrogen functional groups attached to an aromatic ring is 1. The summed E-state index contributed by atoms with van der Waals surface area (Å²) in [6.45, 7) is 2.00. The van der Waals surface area contributed by atoms with Crippen LogP contribution in [-0.4, -0.2) is 32.4 Å². The van der Waals surface area contributed by atoms with E-state index in [-0.39, 0.29) is 28.3 Å². The van der Waals surface area contributed by atoms with Crippen molar-refractivity contribution in [3.63, 3.8) is 0 Å².